The summed E-state index contributed by atoms with van der Waals surface area (Å²) < 4.78 is 31.9. The lowest BCUT2D eigenvalue weighted by molar-refractivity contribution is -0.111. The van der Waals surface area contributed by atoms with E-state index in [1.165, 1.54) is 7.11 Å². The number of carbonyl (C=O) groups is 1. The number of rotatable bonds is 6. The second-order valence-electron chi connectivity index (χ2n) is 6.31. The maximum Gasteiger partial charge on any atom is 0.248 e. The fourth-order valence-electron chi connectivity index (χ4n) is 2.97. The molecule has 0 saturated heterocycles. The summed E-state index contributed by atoms with van der Waals surface area (Å²) in [6, 6.07) is 1.65. The Morgan fingerprint density at radius 3 is 2.60 bits per heavy atom. The number of allylic oxidation sites excluding steroid dienone is 1. The van der Waals surface area contributed by atoms with Crippen molar-refractivity contribution in [2.24, 2.45) is 11.8 Å². The zero-order valence-electron chi connectivity index (χ0n) is 14.5. The van der Waals surface area contributed by atoms with Crippen molar-refractivity contribution in [3.63, 3.8) is 0 Å². The number of hydrogen-bond donors (Lipinski definition) is 1. The van der Waals surface area contributed by atoms with Crippen LogP contribution in [0.25, 0.3) is 6.08 Å². The average Bonchev–Trinajstić information content (AvgIpc) is 2.59. The molecule has 0 spiro atoms. The van der Waals surface area contributed by atoms with Crippen LogP contribution in [0.5, 0.6) is 5.88 Å². The SMILES string of the molecule is C=CC(=O)Nc1cc(/C=C/C2CCC(C(C)(F)F)CC2)c(OC)nn1. The van der Waals surface area contributed by atoms with E-state index in [4.69, 9.17) is 4.74 Å². The van der Waals surface area contributed by atoms with Crippen LogP contribution < -0.4 is 10.1 Å². The van der Waals surface area contributed by atoms with E-state index in [1.54, 1.807) is 6.07 Å². The van der Waals surface area contributed by atoms with Gasteiger partial charge in [-0.2, -0.15) is 0 Å². The predicted octanol–water partition coefficient (Wildman–Crippen LogP) is 4.08. The van der Waals surface area contributed by atoms with Crippen molar-refractivity contribution in [3.05, 3.63) is 30.4 Å². The number of ether oxygens (including phenoxy) is 1. The van der Waals surface area contributed by atoms with Crippen LogP contribution in [-0.2, 0) is 4.79 Å². The summed E-state index contributed by atoms with van der Waals surface area (Å²) in [5, 5.41) is 10.3. The standard InChI is InChI=1S/C18H23F2N3O2/c1-4-16(24)21-15-11-13(17(25-3)23-22-15)8-5-12-6-9-14(10-7-12)18(2,19)20/h4-5,8,11-12,14H,1,6-7,9-10H2,2-3H3,(H,21,22,24)/b8-5+. The number of nitrogens with zero attached hydrogens (tertiary/aromatic N) is 2. The van der Waals surface area contributed by atoms with Gasteiger partial charge >= 0.3 is 0 Å². The van der Waals surface area contributed by atoms with Crippen molar-refractivity contribution in [3.8, 4) is 5.88 Å². The quantitative estimate of drug-likeness (QED) is 0.784. The highest BCUT2D eigenvalue weighted by atomic mass is 19.3. The lowest BCUT2D eigenvalue weighted by Crippen LogP contribution is -2.28. The van der Waals surface area contributed by atoms with Crippen LogP contribution in [0.3, 0.4) is 0 Å². The van der Waals surface area contributed by atoms with Gasteiger partial charge in [0.2, 0.25) is 17.7 Å². The van der Waals surface area contributed by atoms with E-state index in [9.17, 15) is 13.6 Å². The molecule has 1 aliphatic rings. The van der Waals surface area contributed by atoms with E-state index in [0.29, 0.717) is 30.1 Å². The first-order valence-corrected chi connectivity index (χ1v) is 8.24. The van der Waals surface area contributed by atoms with Crippen molar-refractivity contribution in [1.29, 1.82) is 0 Å². The maximum absolute atomic E-state index is 13.4. The summed E-state index contributed by atoms with van der Waals surface area (Å²) >= 11 is 0. The average molecular weight is 351 g/mol. The van der Waals surface area contributed by atoms with Crippen LogP contribution in [0.2, 0.25) is 0 Å². The largest absolute Gasteiger partial charge is 0.479 e. The molecular formula is C18H23F2N3O2. The van der Waals surface area contributed by atoms with Gasteiger partial charge < -0.3 is 10.1 Å². The van der Waals surface area contributed by atoms with E-state index in [1.807, 2.05) is 12.2 Å². The molecule has 1 heterocycles. The minimum Gasteiger partial charge on any atom is -0.479 e. The Balaban J connectivity index is 2.05. The molecule has 7 heteroatoms. The summed E-state index contributed by atoms with van der Waals surface area (Å²) in [6.45, 7) is 4.38. The van der Waals surface area contributed by atoms with Gasteiger partial charge in [0.05, 0.1) is 7.11 Å². The van der Waals surface area contributed by atoms with Gasteiger partial charge in [-0.15, -0.1) is 10.2 Å². The van der Waals surface area contributed by atoms with Gasteiger partial charge in [-0.1, -0.05) is 18.7 Å². The van der Waals surface area contributed by atoms with Crippen molar-refractivity contribution in [2.75, 3.05) is 12.4 Å². The molecule has 0 unspecified atom stereocenters. The minimum atomic E-state index is -2.61. The van der Waals surface area contributed by atoms with Crippen molar-refractivity contribution in [1.82, 2.24) is 10.2 Å². The molecule has 0 atom stereocenters. The monoisotopic (exact) mass is 351 g/mol. The first kappa shape index (κ1) is 19.0. The van der Waals surface area contributed by atoms with E-state index in [-0.39, 0.29) is 11.8 Å². The Hall–Kier alpha value is -2.31. The highest BCUT2D eigenvalue weighted by Crippen LogP contribution is 2.39. The molecule has 0 aliphatic heterocycles. The molecule has 1 amide bonds. The summed E-state index contributed by atoms with van der Waals surface area (Å²) in [6.07, 6.45) is 7.46. The van der Waals surface area contributed by atoms with Crippen molar-refractivity contribution < 1.29 is 18.3 Å². The zero-order valence-corrected chi connectivity index (χ0v) is 14.5. The summed E-state index contributed by atoms with van der Waals surface area (Å²) in [5.41, 5.74) is 0.666. The third-order valence-electron chi connectivity index (χ3n) is 4.45. The number of nitrogens with one attached hydrogen (secondary N) is 1. The number of methoxy groups -OCH3 is 1. The molecule has 1 N–H and O–H groups in total. The van der Waals surface area contributed by atoms with E-state index < -0.39 is 11.8 Å². The first-order valence-electron chi connectivity index (χ1n) is 8.24. The first-order chi connectivity index (χ1) is 11.8. The highest BCUT2D eigenvalue weighted by molar-refractivity contribution is 5.98. The summed E-state index contributed by atoms with van der Waals surface area (Å²) in [5.74, 6) is -2.65. The lowest BCUT2D eigenvalue weighted by atomic mass is 9.79. The molecule has 136 valence electrons. The fraction of sp³-hybridized carbons (Fsp3) is 0.500. The Morgan fingerprint density at radius 2 is 2.04 bits per heavy atom. The van der Waals surface area contributed by atoms with E-state index in [0.717, 1.165) is 25.8 Å². The Labute approximate surface area is 146 Å². The molecule has 5 nitrogen and oxygen atoms in total. The van der Waals surface area contributed by atoms with Crippen LogP contribution in [0.15, 0.2) is 24.8 Å². The van der Waals surface area contributed by atoms with Crippen LogP contribution in [0, 0.1) is 11.8 Å². The second kappa shape index (κ2) is 8.18. The zero-order chi connectivity index (χ0) is 18.4. The van der Waals surface area contributed by atoms with Crippen LogP contribution in [-0.4, -0.2) is 29.1 Å². The molecule has 1 aromatic heterocycles. The third-order valence-corrected chi connectivity index (χ3v) is 4.45. The van der Waals surface area contributed by atoms with Crippen molar-refractivity contribution in [2.45, 2.75) is 38.5 Å². The fourth-order valence-corrected chi connectivity index (χ4v) is 2.97. The Kier molecular flexibility index (Phi) is 6.22. The van der Waals surface area contributed by atoms with Crippen LogP contribution in [0.4, 0.5) is 14.6 Å². The molecule has 0 radical (unpaired) electrons. The van der Waals surface area contributed by atoms with E-state index in [2.05, 4.69) is 22.1 Å². The molecule has 2 rings (SSSR count). The van der Waals surface area contributed by atoms with Gasteiger partial charge in [-0.05, 0) is 50.7 Å². The molecule has 1 aromatic rings. The van der Waals surface area contributed by atoms with Gasteiger partial charge in [0.15, 0.2) is 5.82 Å². The Bertz CT molecular complexity index is 648. The third kappa shape index (κ3) is 5.34. The smallest absolute Gasteiger partial charge is 0.248 e. The number of aromatic nitrogens is 2. The minimum absolute atomic E-state index is 0.239. The molecule has 25 heavy (non-hydrogen) atoms. The second-order valence-corrected chi connectivity index (χ2v) is 6.31. The summed E-state index contributed by atoms with van der Waals surface area (Å²) in [4.78, 5) is 11.4. The number of amides is 1. The highest BCUT2D eigenvalue weighted by Gasteiger charge is 2.36. The molecule has 1 aliphatic carbocycles. The van der Waals surface area contributed by atoms with Gasteiger partial charge in [0.25, 0.3) is 0 Å². The van der Waals surface area contributed by atoms with Crippen LogP contribution >= 0.6 is 0 Å². The molecular weight excluding hydrogens is 328 g/mol. The van der Waals surface area contributed by atoms with E-state index >= 15 is 0 Å². The number of alkyl halides is 2. The van der Waals surface area contributed by atoms with Crippen LogP contribution in [0.1, 0.15) is 38.2 Å². The molecule has 0 aromatic carbocycles. The van der Waals surface area contributed by atoms with Gasteiger partial charge in [-0.25, -0.2) is 8.78 Å². The molecule has 0 bridgehead atoms. The predicted molar refractivity (Wildman–Crippen MR) is 92.5 cm³/mol. The molecule has 1 saturated carbocycles. The number of anilines is 1. The topological polar surface area (TPSA) is 64.1 Å². The number of halogens is 2. The normalized spacial score (nSPS) is 21.1. The van der Waals surface area contributed by atoms with Crippen molar-refractivity contribution >= 4 is 17.8 Å². The maximum atomic E-state index is 13.4. The molecule has 1 fully saturated rings. The van der Waals surface area contributed by atoms with Gasteiger partial charge in [-0.3, -0.25) is 4.79 Å². The van der Waals surface area contributed by atoms with Gasteiger partial charge in [0, 0.05) is 11.5 Å². The summed E-state index contributed by atoms with van der Waals surface area (Å²) in [7, 11) is 1.48. The Morgan fingerprint density at radius 1 is 1.36 bits per heavy atom. The number of carbonyl (C=O) groups excluding carboxylic acids is 1. The lowest BCUT2D eigenvalue weighted by Gasteiger charge is -2.30. The van der Waals surface area contributed by atoms with Gasteiger partial charge in [0.1, 0.15) is 0 Å². The number of hydrogen-bond acceptors (Lipinski definition) is 4.